The van der Waals surface area contributed by atoms with E-state index in [2.05, 4.69) is 15.5 Å². The molecule has 5 heteroatoms. The molecular formula is C9H14N4O. The first-order valence-corrected chi connectivity index (χ1v) is 4.34. The van der Waals surface area contributed by atoms with Gasteiger partial charge in [-0.2, -0.15) is 10.2 Å². The first-order valence-electron chi connectivity index (χ1n) is 4.34. The summed E-state index contributed by atoms with van der Waals surface area (Å²) in [6.07, 6.45) is 2.90. The van der Waals surface area contributed by atoms with Gasteiger partial charge in [0, 0.05) is 12.1 Å². The van der Waals surface area contributed by atoms with Gasteiger partial charge < -0.3 is 11.1 Å². The number of hydrogen-bond donors (Lipinski definition) is 2. The zero-order valence-corrected chi connectivity index (χ0v) is 8.32. The molecule has 1 amide bonds. The molecule has 0 aliphatic rings. The molecule has 0 radical (unpaired) electrons. The molecule has 0 bridgehead atoms. The van der Waals surface area contributed by atoms with E-state index in [1.54, 1.807) is 6.07 Å². The molecular weight excluding hydrogens is 180 g/mol. The van der Waals surface area contributed by atoms with Crippen LogP contribution in [-0.2, 0) is 0 Å². The minimum absolute atomic E-state index is 0.185. The van der Waals surface area contributed by atoms with Crippen molar-refractivity contribution in [2.24, 2.45) is 5.73 Å². The molecule has 0 aliphatic carbocycles. The number of hydrogen-bond acceptors (Lipinski definition) is 4. The maximum atomic E-state index is 11.6. The third-order valence-electron chi connectivity index (χ3n) is 1.81. The van der Waals surface area contributed by atoms with Gasteiger partial charge in [-0.25, -0.2) is 0 Å². The smallest absolute Gasteiger partial charge is 0.253 e. The lowest BCUT2D eigenvalue weighted by Gasteiger charge is -2.23. The fraction of sp³-hybridized carbons (Fsp3) is 0.444. The van der Waals surface area contributed by atoms with Crippen LogP contribution in [0.3, 0.4) is 0 Å². The summed E-state index contributed by atoms with van der Waals surface area (Å²) in [5.74, 6) is -0.185. The van der Waals surface area contributed by atoms with Crippen LogP contribution in [0.4, 0.5) is 0 Å². The zero-order valence-electron chi connectivity index (χ0n) is 8.32. The van der Waals surface area contributed by atoms with Gasteiger partial charge in [-0.15, -0.1) is 0 Å². The average molecular weight is 194 g/mol. The fourth-order valence-corrected chi connectivity index (χ4v) is 0.856. The van der Waals surface area contributed by atoms with E-state index < -0.39 is 5.54 Å². The Kier molecular flexibility index (Phi) is 3.14. The monoisotopic (exact) mass is 194 g/mol. The lowest BCUT2D eigenvalue weighted by atomic mass is 10.1. The molecule has 0 atom stereocenters. The predicted octanol–water partition coefficient (Wildman–Crippen LogP) is -0.0563. The first kappa shape index (κ1) is 10.6. The number of nitrogens with zero attached hydrogens (tertiary/aromatic N) is 2. The fourth-order valence-electron chi connectivity index (χ4n) is 0.856. The highest BCUT2D eigenvalue weighted by Crippen LogP contribution is 2.02. The van der Waals surface area contributed by atoms with Gasteiger partial charge in [0.15, 0.2) is 0 Å². The Hall–Kier alpha value is -1.49. The van der Waals surface area contributed by atoms with E-state index in [9.17, 15) is 4.79 Å². The van der Waals surface area contributed by atoms with Crippen molar-refractivity contribution in [3.8, 4) is 0 Å². The summed E-state index contributed by atoms with van der Waals surface area (Å²) in [6.45, 7) is 4.11. The standard InChI is InChI=1S/C9H14N4O/c1-9(2,6-10)13-8(14)7-3-4-11-12-5-7/h3-5H,6,10H2,1-2H3,(H,13,14). The summed E-state index contributed by atoms with van der Waals surface area (Å²) in [7, 11) is 0. The topological polar surface area (TPSA) is 80.9 Å². The van der Waals surface area contributed by atoms with Gasteiger partial charge in [0.25, 0.3) is 5.91 Å². The minimum Gasteiger partial charge on any atom is -0.346 e. The summed E-state index contributed by atoms with van der Waals surface area (Å²) >= 11 is 0. The van der Waals surface area contributed by atoms with E-state index in [1.807, 2.05) is 13.8 Å². The summed E-state index contributed by atoms with van der Waals surface area (Å²) < 4.78 is 0. The molecule has 5 nitrogen and oxygen atoms in total. The van der Waals surface area contributed by atoms with Crippen LogP contribution >= 0.6 is 0 Å². The second kappa shape index (κ2) is 4.15. The summed E-state index contributed by atoms with van der Waals surface area (Å²) in [6, 6.07) is 1.61. The van der Waals surface area contributed by atoms with Crippen LogP contribution in [0.15, 0.2) is 18.5 Å². The Morgan fingerprint density at radius 3 is 2.79 bits per heavy atom. The normalized spacial score (nSPS) is 11.1. The highest BCUT2D eigenvalue weighted by Gasteiger charge is 2.18. The van der Waals surface area contributed by atoms with E-state index in [-0.39, 0.29) is 5.91 Å². The van der Waals surface area contributed by atoms with E-state index >= 15 is 0 Å². The van der Waals surface area contributed by atoms with E-state index in [0.717, 1.165) is 0 Å². The molecule has 76 valence electrons. The lowest BCUT2D eigenvalue weighted by Crippen LogP contribution is -2.48. The van der Waals surface area contributed by atoms with Crippen molar-refractivity contribution in [1.29, 1.82) is 0 Å². The Labute approximate surface area is 82.7 Å². The van der Waals surface area contributed by atoms with Gasteiger partial charge in [-0.3, -0.25) is 4.79 Å². The molecule has 1 heterocycles. The molecule has 0 unspecified atom stereocenters. The minimum atomic E-state index is -0.402. The van der Waals surface area contributed by atoms with E-state index in [1.165, 1.54) is 12.4 Å². The van der Waals surface area contributed by atoms with Crippen LogP contribution in [0.25, 0.3) is 0 Å². The van der Waals surface area contributed by atoms with Crippen LogP contribution in [0.1, 0.15) is 24.2 Å². The molecule has 0 spiro atoms. The number of rotatable bonds is 3. The lowest BCUT2D eigenvalue weighted by molar-refractivity contribution is 0.0915. The van der Waals surface area contributed by atoms with Crippen molar-refractivity contribution < 1.29 is 4.79 Å². The van der Waals surface area contributed by atoms with Gasteiger partial charge in [-0.1, -0.05) is 0 Å². The molecule has 0 fully saturated rings. The van der Waals surface area contributed by atoms with Crippen molar-refractivity contribution in [2.75, 3.05) is 6.54 Å². The zero-order chi connectivity index (χ0) is 10.6. The number of aromatic nitrogens is 2. The SMILES string of the molecule is CC(C)(CN)NC(=O)c1ccnnc1. The maximum absolute atomic E-state index is 11.6. The van der Waals surface area contributed by atoms with Crippen molar-refractivity contribution in [2.45, 2.75) is 19.4 Å². The third kappa shape index (κ3) is 2.77. The number of amides is 1. The van der Waals surface area contributed by atoms with Crippen molar-refractivity contribution >= 4 is 5.91 Å². The number of nitrogens with two attached hydrogens (primary N) is 1. The average Bonchev–Trinajstić information content (AvgIpc) is 2.19. The van der Waals surface area contributed by atoms with Gasteiger partial charge in [0.2, 0.25) is 0 Å². The molecule has 14 heavy (non-hydrogen) atoms. The van der Waals surface area contributed by atoms with E-state index in [4.69, 9.17) is 5.73 Å². The van der Waals surface area contributed by atoms with Crippen molar-refractivity contribution in [1.82, 2.24) is 15.5 Å². The van der Waals surface area contributed by atoms with Gasteiger partial charge in [-0.05, 0) is 19.9 Å². The Morgan fingerprint density at radius 2 is 2.29 bits per heavy atom. The molecule has 0 aromatic carbocycles. The molecule has 1 aromatic rings. The van der Waals surface area contributed by atoms with Crippen LogP contribution in [-0.4, -0.2) is 28.2 Å². The van der Waals surface area contributed by atoms with E-state index in [0.29, 0.717) is 12.1 Å². The van der Waals surface area contributed by atoms with Crippen molar-refractivity contribution in [3.05, 3.63) is 24.0 Å². The number of carbonyl (C=O) groups is 1. The predicted molar refractivity (Wildman–Crippen MR) is 52.6 cm³/mol. The number of carbonyl (C=O) groups excluding carboxylic acids is 1. The van der Waals surface area contributed by atoms with Gasteiger partial charge >= 0.3 is 0 Å². The molecule has 3 N–H and O–H groups in total. The Balaban J connectivity index is 2.69. The van der Waals surface area contributed by atoms with Crippen LogP contribution in [0.2, 0.25) is 0 Å². The quantitative estimate of drug-likeness (QED) is 0.706. The van der Waals surface area contributed by atoms with Gasteiger partial charge in [0.05, 0.1) is 18.0 Å². The van der Waals surface area contributed by atoms with Crippen LogP contribution < -0.4 is 11.1 Å². The molecule has 0 aliphatic heterocycles. The first-order chi connectivity index (χ1) is 6.55. The Bertz CT molecular complexity index is 310. The second-order valence-electron chi connectivity index (χ2n) is 3.67. The van der Waals surface area contributed by atoms with Gasteiger partial charge in [0.1, 0.15) is 0 Å². The highest BCUT2D eigenvalue weighted by atomic mass is 16.1. The summed E-state index contributed by atoms with van der Waals surface area (Å²) in [5, 5.41) is 10.00. The van der Waals surface area contributed by atoms with Crippen LogP contribution in [0.5, 0.6) is 0 Å². The summed E-state index contributed by atoms with van der Waals surface area (Å²) in [5.41, 5.74) is 5.58. The molecule has 0 saturated carbocycles. The van der Waals surface area contributed by atoms with Crippen LogP contribution in [0, 0.1) is 0 Å². The highest BCUT2D eigenvalue weighted by molar-refractivity contribution is 5.94. The molecule has 1 rings (SSSR count). The molecule has 0 saturated heterocycles. The Morgan fingerprint density at radius 1 is 1.57 bits per heavy atom. The summed E-state index contributed by atoms with van der Waals surface area (Å²) in [4.78, 5) is 11.6. The third-order valence-corrected chi connectivity index (χ3v) is 1.81. The number of nitrogens with one attached hydrogen (secondary N) is 1. The van der Waals surface area contributed by atoms with Crippen molar-refractivity contribution in [3.63, 3.8) is 0 Å². The maximum Gasteiger partial charge on any atom is 0.253 e. The largest absolute Gasteiger partial charge is 0.346 e. The molecule has 1 aromatic heterocycles. The second-order valence-corrected chi connectivity index (χ2v) is 3.67.